The second-order valence-electron chi connectivity index (χ2n) is 8.85. The molecule has 182 valence electrons. The third kappa shape index (κ3) is 3.98. The lowest BCUT2D eigenvalue weighted by molar-refractivity contribution is -0.132. The molecule has 7 heteroatoms. The van der Waals surface area contributed by atoms with E-state index in [9.17, 15) is 14.7 Å². The fraction of sp³-hybridized carbons (Fsp3) is 0.172. The van der Waals surface area contributed by atoms with E-state index < -0.39 is 17.7 Å². The van der Waals surface area contributed by atoms with Crippen LogP contribution < -0.4 is 14.4 Å². The molecule has 1 aliphatic rings. The number of amides is 1. The van der Waals surface area contributed by atoms with Gasteiger partial charge in [0.1, 0.15) is 17.3 Å². The Hall–Kier alpha value is -4.52. The maximum Gasteiger partial charge on any atom is 0.300 e. The highest BCUT2D eigenvalue weighted by molar-refractivity contribution is 6.51. The van der Waals surface area contributed by atoms with Crippen LogP contribution in [0.4, 0.5) is 5.69 Å². The van der Waals surface area contributed by atoms with Crippen molar-refractivity contribution in [2.45, 2.75) is 26.0 Å². The molecule has 4 aromatic rings. The lowest BCUT2D eigenvalue weighted by Gasteiger charge is -2.26. The number of anilines is 1. The smallest absolute Gasteiger partial charge is 0.300 e. The molecule has 0 bridgehead atoms. The zero-order valence-electron chi connectivity index (χ0n) is 20.2. The molecule has 0 radical (unpaired) electrons. The number of hydrogen-bond donors (Lipinski definition) is 2. The fourth-order valence-electron chi connectivity index (χ4n) is 4.60. The fourth-order valence-corrected chi connectivity index (χ4v) is 4.60. The van der Waals surface area contributed by atoms with Gasteiger partial charge in [0.05, 0.1) is 24.8 Å². The van der Waals surface area contributed by atoms with E-state index in [2.05, 4.69) is 4.98 Å². The van der Waals surface area contributed by atoms with Gasteiger partial charge in [-0.3, -0.25) is 14.5 Å². The topological polar surface area (TPSA) is 91.9 Å². The van der Waals surface area contributed by atoms with E-state index in [0.29, 0.717) is 28.3 Å². The van der Waals surface area contributed by atoms with Gasteiger partial charge in [-0.2, -0.15) is 0 Å². The molecule has 0 aliphatic carbocycles. The molecular formula is C29H26N2O5. The number of benzene rings is 3. The molecule has 5 rings (SSSR count). The van der Waals surface area contributed by atoms with E-state index >= 15 is 0 Å². The molecule has 1 aliphatic heterocycles. The van der Waals surface area contributed by atoms with Gasteiger partial charge in [0.2, 0.25) is 0 Å². The molecule has 1 unspecified atom stereocenters. The number of aromatic amines is 1. The van der Waals surface area contributed by atoms with Crippen LogP contribution in [0.1, 0.15) is 31.0 Å². The Morgan fingerprint density at radius 2 is 1.72 bits per heavy atom. The van der Waals surface area contributed by atoms with E-state index in [1.165, 1.54) is 4.90 Å². The molecule has 1 atom stereocenters. The molecule has 0 saturated carbocycles. The Balaban J connectivity index is 1.69. The summed E-state index contributed by atoms with van der Waals surface area (Å²) in [5.74, 6) is -0.483. The lowest BCUT2D eigenvalue weighted by Crippen LogP contribution is -2.29. The summed E-state index contributed by atoms with van der Waals surface area (Å²) in [4.78, 5) is 31.4. The first-order chi connectivity index (χ1) is 17.4. The van der Waals surface area contributed by atoms with Crippen molar-refractivity contribution in [1.29, 1.82) is 0 Å². The highest BCUT2D eigenvalue weighted by atomic mass is 16.5. The van der Waals surface area contributed by atoms with Crippen molar-refractivity contribution < 1.29 is 24.2 Å². The zero-order chi connectivity index (χ0) is 25.4. The first kappa shape index (κ1) is 23.2. The van der Waals surface area contributed by atoms with Gasteiger partial charge in [0.25, 0.3) is 11.7 Å². The molecule has 1 aromatic heterocycles. The Morgan fingerprint density at radius 1 is 0.972 bits per heavy atom. The van der Waals surface area contributed by atoms with E-state index in [4.69, 9.17) is 9.47 Å². The van der Waals surface area contributed by atoms with Crippen LogP contribution in [-0.2, 0) is 9.59 Å². The van der Waals surface area contributed by atoms with E-state index in [-0.39, 0.29) is 17.4 Å². The minimum atomic E-state index is -0.856. The van der Waals surface area contributed by atoms with Gasteiger partial charge < -0.3 is 19.6 Å². The molecule has 36 heavy (non-hydrogen) atoms. The predicted molar refractivity (Wildman–Crippen MR) is 138 cm³/mol. The molecule has 2 heterocycles. The van der Waals surface area contributed by atoms with E-state index in [1.54, 1.807) is 55.8 Å². The summed E-state index contributed by atoms with van der Waals surface area (Å²) >= 11 is 0. The van der Waals surface area contributed by atoms with Gasteiger partial charge in [-0.15, -0.1) is 0 Å². The second-order valence-corrected chi connectivity index (χ2v) is 8.85. The third-order valence-corrected chi connectivity index (χ3v) is 6.18. The predicted octanol–water partition coefficient (Wildman–Crippen LogP) is 5.59. The number of fused-ring (bicyclic) bond motifs is 1. The molecule has 1 saturated heterocycles. The normalized spacial score (nSPS) is 17.2. The van der Waals surface area contributed by atoms with Crippen LogP contribution in [0, 0.1) is 0 Å². The van der Waals surface area contributed by atoms with Crippen LogP contribution in [0.2, 0.25) is 0 Å². The number of nitrogens with one attached hydrogen (secondary N) is 1. The van der Waals surface area contributed by atoms with Gasteiger partial charge in [0, 0.05) is 28.4 Å². The number of aliphatic hydroxyl groups is 1. The first-order valence-electron chi connectivity index (χ1n) is 11.7. The van der Waals surface area contributed by atoms with Gasteiger partial charge in [0.15, 0.2) is 0 Å². The average Bonchev–Trinajstić information content (AvgIpc) is 3.43. The molecule has 3 aromatic carbocycles. The maximum absolute atomic E-state index is 13.4. The number of carbonyl (C=O) groups excluding carboxylic acids is 2. The molecule has 2 N–H and O–H groups in total. The number of aromatic nitrogens is 1. The van der Waals surface area contributed by atoms with Gasteiger partial charge in [-0.05, 0) is 61.9 Å². The lowest BCUT2D eigenvalue weighted by atomic mass is 9.95. The maximum atomic E-state index is 13.4. The van der Waals surface area contributed by atoms with Crippen LogP contribution in [-0.4, -0.2) is 35.0 Å². The number of methoxy groups -OCH3 is 1. The summed E-state index contributed by atoms with van der Waals surface area (Å²) < 4.78 is 11.1. The van der Waals surface area contributed by atoms with Crippen molar-refractivity contribution in [3.05, 3.63) is 95.7 Å². The van der Waals surface area contributed by atoms with Gasteiger partial charge >= 0.3 is 0 Å². The number of H-pyrrole nitrogens is 1. The SMILES string of the molecule is COc1cccc(C2/C(=C(/O)c3c[nH]c4ccccc34)C(=O)C(=O)N2c2ccc(OC(C)C)cc2)c1. The number of para-hydroxylation sites is 1. The Morgan fingerprint density at radius 3 is 2.44 bits per heavy atom. The largest absolute Gasteiger partial charge is 0.507 e. The Bertz CT molecular complexity index is 1480. The molecule has 0 spiro atoms. The number of nitrogens with zero attached hydrogens (tertiary/aromatic N) is 1. The number of ether oxygens (including phenoxy) is 2. The molecule has 1 amide bonds. The van der Waals surface area contributed by atoms with Gasteiger partial charge in [-0.1, -0.05) is 30.3 Å². The zero-order valence-corrected chi connectivity index (χ0v) is 20.2. The quantitative estimate of drug-likeness (QED) is 0.212. The van der Waals surface area contributed by atoms with Crippen molar-refractivity contribution in [3.8, 4) is 11.5 Å². The highest BCUT2D eigenvalue weighted by Crippen LogP contribution is 2.43. The van der Waals surface area contributed by atoms with Crippen molar-refractivity contribution in [2.24, 2.45) is 0 Å². The van der Waals surface area contributed by atoms with Crippen molar-refractivity contribution in [1.82, 2.24) is 4.98 Å². The summed E-state index contributed by atoms with van der Waals surface area (Å²) in [5.41, 5.74) is 2.43. The van der Waals surface area contributed by atoms with Crippen molar-refractivity contribution >= 4 is 34.0 Å². The summed E-state index contributed by atoms with van der Waals surface area (Å²) in [6, 6.07) is 20.8. The van der Waals surface area contributed by atoms with Crippen molar-refractivity contribution in [3.63, 3.8) is 0 Å². The summed E-state index contributed by atoms with van der Waals surface area (Å²) in [6.45, 7) is 3.86. The molecular weight excluding hydrogens is 456 g/mol. The Kier molecular flexibility index (Phi) is 5.98. The van der Waals surface area contributed by atoms with E-state index in [1.807, 2.05) is 44.2 Å². The van der Waals surface area contributed by atoms with Crippen LogP contribution in [0.15, 0.2) is 84.6 Å². The summed E-state index contributed by atoms with van der Waals surface area (Å²) in [5, 5.41) is 12.2. The summed E-state index contributed by atoms with van der Waals surface area (Å²) in [6.07, 6.45) is 1.65. The van der Waals surface area contributed by atoms with Crippen LogP contribution in [0.25, 0.3) is 16.7 Å². The standard InChI is InChI=1S/C29H26N2O5/c1-17(2)36-20-13-11-19(12-14-20)31-26(18-7-6-8-21(15-18)35-3)25(28(33)29(31)34)27(32)23-16-30-24-10-5-4-9-22(23)24/h4-17,26,30,32H,1-3H3/b27-25-. The molecule has 7 nitrogen and oxygen atoms in total. The second kappa shape index (κ2) is 9.26. The van der Waals surface area contributed by atoms with Crippen molar-refractivity contribution in [2.75, 3.05) is 12.0 Å². The average molecular weight is 483 g/mol. The number of rotatable bonds is 6. The third-order valence-electron chi connectivity index (χ3n) is 6.18. The van der Waals surface area contributed by atoms with E-state index in [0.717, 1.165) is 10.9 Å². The highest BCUT2D eigenvalue weighted by Gasteiger charge is 2.47. The first-order valence-corrected chi connectivity index (χ1v) is 11.7. The number of carbonyl (C=O) groups is 2. The Labute approximate surface area is 208 Å². The number of Topliss-reactive ketones (excluding diaryl/α,β-unsaturated/α-hetero) is 1. The summed E-state index contributed by atoms with van der Waals surface area (Å²) in [7, 11) is 1.55. The number of hydrogen-bond acceptors (Lipinski definition) is 5. The van der Waals surface area contributed by atoms with Crippen LogP contribution in [0.5, 0.6) is 11.5 Å². The van der Waals surface area contributed by atoms with Crippen LogP contribution in [0.3, 0.4) is 0 Å². The number of ketones is 1. The van der Waals surface area contributed by atoms with Crippen LogP contribution >= 0.6 is 0 Å². The molecule has 1 fully saturated rings. The van der Waals surface area contributed by atoms with Gasteiger partial charge in [-0.25, -0.2) is 0 Å². The minimum Gasteiger partial charge on any atom is -0.507 e. The number of aliphatic hydroxyl groups excluding tert-OH is 1. The monoisotopic (exact) mass is 482 g/mol. The minimum absolute atomic E-state index is 0.00182.